The number of esters is 1. The van der Waals surface area contributed by atoms with Gasteiger partial charge in [-0.05, 0) is 64.7 Å². The molecule has 1 aliphatic rings. The maximum Gasteiger partial charge on any atom is 0.309 e. The molecule has 0 bridgehead atoms. The topological polar surface area (TPSA) is 26.3 Å². The fourth-order valence-corrected chi connectivity index (χ4v) is 3.84. The lowest BCUT2D eigenvalue weighted by Gasteiger charge is -2.37. The third-order valence-corrected chi connectivity index (χ3v) is 5.47. The van der Waals surface area contributed by atoms with Crippen LogP contribution in [0.1, 0.15) is 105 Å². The zero-order chi connectivity index (χ0) is 17.8. The van der Waals surface area contributed by atoms with Crippen molar-refractivity contribution in [1.29, 1.82) is 0 Å². The normalized spacial score (nSPS) is 18.0. The van der Waals surface area contributed by atoms with Gasteiger partial charge in [-0.2, -0.15) is 0 Å². The van der Waals surface area contributed by atoms with Crippen molar-refractivity contribution in [2.75, 3.05) is 0 Å². The Morgan fingerprint density at radius 2 is 1.71 bits per heavy atom. The lowest BCUT2D eigenvalue weighted by atomic mass is 9.78. The SMILES string of the molecule is CCCC=CCCCC(CCC)C(=O)OC(C)(C)C1CCCCC1. The fraction of sp³-hybridized carbons (Fsp3) is 0.864. The number of carbonyl (C=O) groups excluding carboxylic acids is 1. The predicted molar refractivity (Wildman–Crippen MR) is 103 cm³/mol. The van der Waals surface area contributed by atoms with E-state index in [9.17, 15) is 4.79 Å². The molecule has 2 heteroatoms. The molecule has 0 N–H and O–H groups in total. The smallest absolute Gasteiger partial charge is 0.309 e. The van der Waals surface area contributed by atoms with Gasteiger partial charge in [-0.25, -0.2) is 0 Å². The van der Waals surface area contributed by atoms with Crippen LogP contribution >= 0.6 is 0 Å². The Labute approximate surface area is 150 Å². The van der Waals surface area contributed by atoms with E-state index >= 15 is 0 Å². The van der Waals surface area contributed by atoms with Crippen molar-refractivity contribution in [3.8, 4) is 0 Å². The van der Waals surface area contributed by atoms with Crippen LogP contribution in [0.2, 0.25) is 0 Å². The highest BCUT2D eigenvalue weighted by molar-refractivity contribution is 5.72. The molecule has 0 heterocycles. The summed E-state index contributed by atoms with van der Waals surface area (Å²) >= 11 is 0. The van der Waals surface area contributed by atoms with Crippen LogP contribution in [0.25, 0.3) is 0 Å². The lowest BCUT2D eigenvalue weighted by Crippen LogP contribution is -2.39. The highest BCUT2D eigenvalue weighted by Crippen LogP contribution is 2.35. The highest BCUT2D eigenvalue weighted by atomic mass is 16.6. The van der Waals surface area contributed by atoms with Gasteiger partial charge in [0, 0.05) is 0 Å². The third kappa shape index (κ3) is 7.85. The Bertz CT molecular complexity index is 364. The van der Waals surface area contributed by atoms with Crippen LogP contribution in [0.5, 0.6) is 0 Å². The average molecular weight is 337 g/mol. The molecule has 0 aliphatic heterocycles. The first-order chi connectivity index (χ1) is 11.5. The van der Waals surface area contributed by atoms with Crippen molar-refractivity contribution >= 4 is 5.97 Å². The molecule has 0 saturated heterocycles. The molecule has 0 aromatic heterocycles. The minimum absolute atomic E-state index is 0.0463. The minimum atomic E-state index is -0.301. The van der Waals surface area contributed by atoms with Gasteiger partial charge in [0.2, 0.25) is 0 Å². The molecule has 1 saturated carbocycles. The van der Waals surface area contributed by atoms with Gasteiger partial charge in [0.15, 0.2) is 0 Å². The van der Waals surface area contributed by atoms with E-state index in [1.807, 2.05) is 0 Å². The van der Waals surface area contributed by atoms with E-state index in [1.165, 1.54) is 38.5 Å². The monoisotopic (exact) mass is 336 g/mol. The third-order valence-electron chi connectivity index (χ3n) is 5.47. The minimum Gasteiger partial charge on any atom is -0.459 e. The molecular formula is C22H40O2. The molecule has 140 valence electrons. The van der Waals surface area contributed by atoms with Crippen LogP contribution in [0.3, 0.4) is 0 Å². The van der Waals surface area contributed by atoms with Crippen molar-refractivity contribution in [1.82, 2.24) is 0 Å². The van der Waals surface area contributed by atoms with Crippen molar-refractivity contribution in [2.24, 2.45) is 11.8 Å². The van der Waals surface area contributed by atoms with Gasteiger partial charge in [0.05, 0.1) is 5.92 Å². The number of unbranched alkanes of at least 4 members (excludes halogenated alkanes) is 2. The molecule has 0 radical (unpaired) electrons. The summed E-state index contributed by atoms with van der Waals surface area (Å²) in [6.45, 7) is 8.61. The molecule has 0 amide bonds. The van der Waals surface area contributed by atoms with Crippen LogP contribution in [-0.4, -0.2) is 11.6 Å². The van der Waals surface area contributed by atoms with E-state index in [1.54, 1.807) is 0 Å². The molecule has 1 unspecified atom stereocenters. The van der Waals surface area contributed by atoms with E-state index in [2.05, 4.69) is 39.8 Å². The van der Waals surface area contributed by atoms with E-state index in [-0.39, 0.29) is 17.5 Å². The summed E-state index contributed by atoms with van der Waals surface area (Å²) < 4.78 is 6.03. The number of allylic oxidation sites excluding steroid dienone is 2. The summed E-state index contributed by atoms with van der Waals surface area (Å²) in [5.41, 5.74) is -0.301. The van der Waals surface area contributed by atoms with E-state index in [0.29, 0.717) is 5.92 Å². The van der Waals surface area contributed by atoms with Crippen molar-refractivity contribution in [3.63, 3.8) is 0 Å². The van der Waals surface area contributed by atoms with E-state index in [0.717, 1.165) is 38.5 Å². The second kappa shape index (κ2) is 11.7. The van der Waals surface area contributed by atoms with Crippen molar-refractivity contribution in [2.45, 2.75) is 110 Å². The maximum atomic E-state index is 12.7. The molecule has 1 fully saturated rings. The first-order valence-electron chi connectivity index (χ1n) is 10.4. The Kier molecular flexibility index (Phi) is 10.4. The van der Waals surface area contributed by atoms with Gasteiger partial charge in [0.25, 0.3) is 0 Å². The fourth-order valence-electron chi connectivity index (χ4n) is 3.84. The largest absolute Gasteiger partial charge is 0.459 e. The predicted octanol–water partition coefficient (Wildman–Crippen LogP) is 6.83. The van der Waals surface area contributed by atoms with Crippen LogP contribution in [0.4, 0.5) is 0 Å². The molecule has 2 nitrogen and oxygen atoms in total. The van der Waals surface area contributed by atoms with Crippen LogP contribution in [0, 0.1) is 11.8 Å². The van der Waals surface area contributed by atoms with Crippen LogP contribution in [-0.2, 0) is 9.53 Å². The van der Waals surface area contributed by atoms with Gasteiger partial charge in [-0.15, -0.1) is 0 Å². The number of rotatable bonds is 11. The summed E-state index contributed by atoms with van der Waals surface area (Å²) in [5.74, 6) is 0.664. The number of carbonyl (C=O) groups is 1. The molecular weight excluding hydrogens is 296 g/mol. The van der Waals surface area contributed by atoms with Crippen LogP contribution in [0.15, 0.2) is 12.2 Å². The summed E-state index contributed by atoms with van der Waals surface area (Å²) in [6.07, 6.45) is 18.4. The van der Waals surface area contributed by atoms with Gasteiger partial charge in [0.1, 0.15) is 5.60 Å². The van der Waals surface area contributed by atoms with Gasteiger partial charge in [-0.1, -0.05) is 58.1 Å². The second-order valence-electron chi connectivity index (χ2n) is 8.04. The number of ether oxygens (including phenoxy) is 1. The molecule has 1 aliphatic carbocycles. The summed E-state index contributed by atoms with van der Waals surface area (Å²) in [5, 5.41) is 0. The van der Waals surface area contributed by atoms with Crippen molar-refractivity contribution < 1.29 is 9.53 Å². The van der Waals surface area contributed by atoms with Crippen molar-refractivity contribution in [3.05, 3.63) is 12.2 Å². The molecule has 0 aromatic rings. The Balaban J connectivity index is 2.46. The molecule has 1 rings (SSSR count). The van der Waals surface area contributed by atoms with Gasteiger partial charge in [-0.3, -0.25) is 4.79 Å². The zero-order valence-corrected chi connectivity index (χ0v) is 16.6. The quantitative estimate of drug-likeness (QED) is 0.235. The first-order valence-corrected chi connectivity index (χ1v) is 10.4. The van der Waals surface area contributed by atoms with E-state index < -0.39 is 0 Å². The highest BCUT2D eigenvalue weighted by Gasteiger charge is 2.35. The Morgan fingerprint density at radius 3 is 2.33 bits per heavy atom. The maximum absolute atomic E-state index is 12.7. The Morgan fingerprint density at radius 1 is 1.04 bits per heavy atom. The molecule has 24 heavy (non-hydrogen) atoms. The van der Waals surface area contributed by atoms with Gasteiger partial charge < -0.3 is 4.74 Å². The number of hydrogen-bond acceptors (Lipinski definition) is 2. The lowest BCUT2D eigenvalue weighted by molar-refractivity contribution is -0.168. The zero-order valence-electron chi connectivity index (χ0n) is 16.6. The molecule has 1 atom stereocenters. The van der Waals surface area contributed by atoms with Crippen LogP contribution < -0.4 is 0 Å². The number of hydrogen-bond donors (Lipinski definition) is 0. The molecule has 0 aromatic carbocycles. The summed E-state index contributed by atoms with van der Waals surface area (Å²) in [4.78, 5) is 12.7. The standard InChI is InChI=1S/C22H40O2/c1-5-7-8-9-10-12-16-19(15-6-2)21(23)24-22(3,4)20-17-13-11-14-18-20/h8-9,19-20H,5-7,10-18H2,1-4H3. The Hall–Kier alpha value is -0.790. The molecule has 0 spiro atoms. The average Bonchev–Trinajstić information content (AvgIpc) is 2.57. The van der Waals surface area contributed by atoms with Gasteiger partial charge >= 0.3 is 5.97 Å². The second-order valence-corrected chi connectivity index (χ2v) is 8.04. The van der Waals surface area contributed by atoms with E-state index in [4.69, 9.17) is 4.74 Å². The summed E-state index contributed by atoms with van der Waals surface area (Å²) in [7, 11) is 0. The summed E-state index contributed by atoms with van der Waals surface area (Å²) in [6, 6.07) is 0. The first kappa shape index (κ1) is 21.3.